The lowest BCUT2D eigenvalue weighted by molar-refractivity contribution is 0.153. The number of hydrogen-bond donors (Lipinski definition) is 0. The molecule has 2 aliphatic rings. The molecule has 0 radical (unpaired) electrons. The van der Waals surface area contributed by atoms with Gasteiger partial charge in [0.1, 0.15) is 6.17 Å². The molecule has 1 saturated carbocycles. The van der Waals surface area contributed by atoms with E-state index in [0.29, 0.717) is 12.6 Å². The molecule has 2 fully saturated rings. The fourth-order valence-electron chi connectivity index (χ4n) is 2.99. The van der Waals surface area contributed by atoms with Crippen molar-refractivity contribution in [3.8, 4) is 0 Å². The number of halogens is 1. The normalized spacial score (nSPS) is 40.3. The lowest BCUT2D eigenvalue weighted by atomic mass is 9.84. The van der Waals surface area contributed by atoms with E-state index in [1.807, 2.05) is 0 Å². The maximum absolute atomic E-state index is 13.0. The third kappa shape index (κ3) is 2.28. The highest BCUT2D eigenvalue weighted by atomic mass is 19.1. The molecule has 0 unspecified atom stereocenters. The van der Waals surface area contributed by atoms with Crippen molar-refractivity contribution in [2.75, 3.05) is 13.1 Å². The molecule has 0 aromatic rings. The average molecular weight is 199 g/mol. The van der Waals surface area contributed by atoms with E-state index in [1.165, 1.54) is 32.1 Å². The first kappa shape index (κ1) is 10.4. The summed E-state index contributed by atoms with van der Waals surface area (Å²) in [5.74, 6) is 0.954. The Kier molecular flexibility index (Phi) is 3.42. The van der Waals surface area contributed by atoms with Crippen LogP contribution in [0.1, 0.15) is 45.4 Å². The minimum absolute atomic E-state index is 0.543. The molecule has 0 spiro atoms. The van der Waals surface area contributed by atoms with Crippen LogP contribution in [0, 0.1) is 5.92 Å². The number of hydrogen-bond acceptors (Lipinski definition) is 1. The van der Waals surface area contributed by atoms with Gasteiger partial charge in [0.25, 0.3) is 0 Å². The Balaban J connectivity index is 1.78. The van der Waals surface area contributed by atoms with Crippen molar-refractivity contribution >= 4 is 0 Å². The Morgan fingerprint density at radius 3 is 2.36 bits per heavy atom. The molecule has 2 heteroatoms. The SMILES string of the molecule is CC[C@H]1CC[C@H](N2CC[C@@H](F)C2)CC1. The molecule has 14 heavy (non-hydrogen) atoms. The van der Waals surface area contributed by atoms with Gasteiger partial charge in [-0.3, -0.25) is 4.90 Å². The Bertz CT molecular complexity index is 175. The highest BCUT2D eigenvalue weighted by molar-refractivity contribution is 4.84. The minimum atomic E-state index is -0.543. The molecule has 0 aromatic heterocycles. The van der Waals surface area contributed by atoms with Crippen LogP contribution in [0.3, 0.4) is 0 Å². The molecule has 0 amide bonds. The van der Waals surface area contributed by atoms with Crippen LogP contribution in [-0.2, 0) is 0 Å². The fraction of sp³-hybridized carbons (Fsp3) is 1.00. The maximum atomic E-state index is 13.0. The molecule has 0 bridgehead atoms. The van der Waals surface area contributed by atoms with Crippen molar-refractivity contribution in [1.29, 1.82) is 0 Å². The first-order valence-corrected chi connectivity index (χ1v) is 6.17. The van der Waals surface area contributed by atoms with Crippen LogP contribution in [0.5, 0.6) is 0 Å². The van der Waals surface area contributed by atoms with Crippen LogP contribution in [-0.4, -0.2) is 30.2 Å². The van der Waals surface area contributed by atoms with Crippen LogP contribution in [0.25, 0.3) is 0 Å². The van der Waals surface area contributed by atoms with Gasteiger partial charge < -0.3 is 0 Å². The number of rotatable bonds is 2. The van der Waals surface area contributed by atoms with Gasteiger partial charge in [-0.2, -0.15) is 0 Å². The summed E-state index contributed by atoms with van der Waals surface area (Å²) in [5, 5.41) is 0. The van der Waals surface area contributed by atoms with Gasteiger partial charge in [0.2, 0.25) is 0 Å². The van der Waals surface area contributed by atoms with Gasteiger partial charge in [-0.05, 0) is 38.0 Å². The third-order valence-corrected chi connectivity index (χ3v) is 4.07. The molecular weight excluding hydrogens is 177 g/mol. The summed E-state index contributed by atoms with van der Waals surface area (Å²) in [5.41, 5.74) is 0. The third-order valence-electron chi connectivity index (χ3n) is 4.07. The van der Waals surface area contributed by atoms with E-state index in [-0.39, 0.29) is 0 Å². The van der Waals surface area contributed by atoms with Gasteiger partial charge in [0.05, 0.1) is 0 Å². The van der Waals surface area contributed by atoms with Gasteiger partial charge in [0.15, 0.2) is 0 Å². The molecule has 1 aliphatic heterocycles. The zero-order chi connectivity index (χ0) is 9.97. The van der Waals surface area contributed by atoms with Crippen molar-refractivity contribution in [3.05, 3.63) is 0 Å². The zero-order valence-electron chi connectivity index (χ0n) is 9.21. The maximum Gasteiger partial charge on any atom is 0.114 e. The Morgan fingerprint density at radius 2 is 1.86 bits per heavy atom. The first-order chi connectivity index (χ1) is 6.79. The Morgan fingerprint density at radius 1 is 1.14 bits per heavy atom. The first-order valence-electron chi connectivity index (χ1n) is 6.17. The topological polar surface area (TPSA) is 3.24 Å². The smallest absolute Gasteiger partial charge is 0.114 e. The molecule has 1 aliphatic carbocycles. The molecule has 1 saturated heterocycles. The van der Waals surface area contributed by atoms with E-state index in [4.69, 9.17) is 0 Å². The lowest BCUT2D eigenvalue weighted by Gasteiger charge is -2.34. The van der Waals surface area contributed by atoms with Crippen LogP contribution in [0.15, 0.2) is 0 Å². The molecule has 1 nitrogen and oxygen atoms in total. The van der Waals surface area contributed by atoms with E-state index < -0.39 is 6.17 Å². The summed E-state index contributed by atoms with van der Waals surface area (Å²) in [6, 6.07) is 0.707. The van der Waals surface area contributed by atoms with Gasteiger partial charge in [-0.1, -0.05) is 13.3 Å². The minimum Gasteiger partial charge on any atom is -0.297 e. The largest absolute Gasteiger partial charge is 0.297 e. The molecule has 2 rings (SSSR count). The highest BCUT2D eigenvalue weighted by Gasteiger charge is 2.30. The lowest BCUT2D eigenvalue weighted by Crippen LogP contribution is -2.36. The van der Waals surface area contributed by atoms with Gasteiger partial charge in [0, 0.05) is 19.1 Å². The van der Waals surface area contributed by atoms with E-state index >= 15 is 0 Å². The monoisotopic (exact) mass is 199 g/mol. The highest BCUT2D eigenvalue weighted by Crippen LogP contribution is 2.31. The van der Waals surface area contributed by atoms with Crippen molar-refractivity contribution in [2.45, 2.75) is 57.7 Å². The molecule has 82 valence electrons. The zero-order valence-corrected chi connectivity index (χ0v) is 9.21. The molecule has 1 atom stereocenters. The van der Waals surface area contributed by atoms with Crippen LogP contribution in [0.2, 0.25) is 0 Å². The molecule has 0 N–H and O–H groups in total. The summed E-state index contributed by atoms with van der Waals surface area (Å²) in [6.07, 6.45) is 6.92. The number of likely N-dealkylation sites (tertiary alicyclic amines) is 1. The quantitative estimate of drug-likeness (QED) is 0.661. The Labute approximate surface area is 86.7 Å². The average Bonchev–Trinajstić information content (AvgIpc) is 2.65. The summed E-state index contributed by atoms with van der Waals surface area (Å²) in [7, 11) is 0. The van der Waals surface area contributed by atoms with Crippen LogP contribution in [0.4, 0.5) is 4.39 Å². The van der Waals surface area contributed by atoms with E-state index in [1.54, 1.807) is 0 Å². The van der Waals surface area contributed by atoms with E-state index in [2.05, 4.69) is 11.8 Å². The second-order valence-electron chi connectivity index (χ2n) is 4.96. The van der Waals surface area contributed by atoms with Crippen molar-refractivity contribution in [1.82, 2.24) is 4.90 Å². The summed E-state index contributed by atoms with van der Waals surface area (Å²) < 4.78 is 13.0. The van der Waals surface area contributed by atoms with Gasteiger partial charge in [-0.15, -0.1) is 0 Å². The predicted molar refractivity (Wildman–Crippen MR) is 57.1 cm³/mol. The predicted octanol–water partition coefficient (Wildman–Crippen LogP) is 3.00. The molecule has 1 heterocycles. The van der Waals surface area contributed by atoms with E-state index in [0.717, 1.165) is 18.9 Å². The second kappa shape index (κ2) is 4.61. The Hall–Kier alpha value is -0.110. The number of alkyl halides is 1. The summed E-state index contributed by atoms with van der Waals surface area (Å²) in [6.45, 7) is 4.00. The molecular formula is C12H22FN. The van der Waals surface area contributed by atoms with Gasteiger partial charge >= 0.3 is 0 Å². The van der Waals surface area contributed by atoms with E-state index in [9.17, 15) is 4.39 Å². The summed E-state index contributed by atoms with van der Waals surface area (Å²) >= 11 is 0. The van der Waals surface area contributed by atoms with Crippen LogP contribution < -0.4 is 0 Å². The van der Waals surface area contributed by atoms with Gasteiger partial charge in [-0.25, -0.2) is 4.39 Å². The second-order valence-corrected chi connectivity index (χ2v) is 4.96. The summed E-state index contributed by atoms with van der Waals surface area (Å²) in [4.78, 5) is 2.39. The standard InChI is InChI=1S/C12H22FN/c1-2-10-3-5-12(6-4-10)14-8-7-11(13)9-14/h10-12H,2-9H2,1H3/t10-,11-,12-/m1/s1. The fourth-order valence-corrected chi connectivity index (χ4v) is 2.99. The van der Waals surface area contributed by atoms with Crippen LogP contribution >= 0.6 is 0 Å². The molecule has 0 aromatic carbocycles. The van der Waals surface area contributed by atoms with Crippen molar-refractivity contribution in [3.63, 3.8) is 0 Å². The van der Waals surface area contributed by atoms with Crippen molar-refractivity contribution < 1.29 is 4.39 Å². The number of nitrogens with zero attached hydrogens (tertiary/aromatic N) is 1. The van der Waals surface area contributed by atoms with Crippen molar-refractivity contribution in [2.24, 2.45) is 5.92 Å².